The number of rotatable bonds is 7. The van der Waals surface area contributed by atoms with E-state index < -0.39 is 0 Å². The molecule has 3 nitrogen and oxygen atoms in total. The van der Waals surface area contributed by atoms with Crippen molar-refractivity contribution < 1.29 is 4.79 Å². The second-order valence-electron chi connectivity index (χ2n) is 7.43. The lowest BCUT2D eigenvalue weighted by Gasteiger charge is -2.31. The monoisotopic (exact) mass is 328 g/mol. The lowest BCUT2D eigenvalue weighted by Crippen LogP contribution is -2.41. The minimum atomic E-state index is 0.201. The van der Waals surface area contributed by atoms with Crippen LogP contribution in [0.1, 0.15) is 45.6 Å². The molecule has 0 spiro atoms. The second kappa shape index (κ2) is 9.63. The standard InChI is InChI=1S/C21H32N2O/c1-17(2)9-12-22-21(24)20-10-13-23(14-11-20)16-18(3)15-19-7-5-4-6-8-19/h4-8,15,17,20H,9-14,16H2,1-3H3,(H,22,24). The van der Waals surface area contributed by atoms with Crippen molar-refractivity contribution >= 4 is 12.0 Å². The van der Waals surface area contributed by atoms with Crippen molar-refractivity contribution in [2.75, 3.05) is 26.2 Å². The Morgan fingerprint density at radius 2 is 1.92 bits per heavy atom. The summed E-state index contributed by atoms with van der Waals surface area (Å²) in [5.41, 5.74) is 2.63. The van der Waals surface area contributed by atoms with Crippen molar-refractivity contribution in [3.63, 3.8) is 0 Å². The Kier molecular flexibility index (Phi) is 7.51. The van der Waals surface area contributed by atoms with Crippen LogP contribution >= 0.6 is 0 Å². The fourth-order valence-corrected chi connectivity index (χ4v) is 3.21. The van der Waals surface area contributed by atoms with Crippen LogP contribution in [0.2, 0.25) is 0 Å². The molecule has 1 aromatic rings. The second-order valence-corrected chi connectivity index (χ2v) is 7.43. The summed E-state index contributed by atoms with van der Waals surface area (Å²) in [6.07, 6.45) is 5.27. The minimum absolute atomic E-state index is 0.201. The number of carbonyl (C=O) groups is 1. The van der Waals surface area contributed by atoms with Gasteiger partial charge in [-0.05, 0) is 50.8 Å². The van der Waals surface area contributed by atoms with Crippen LogP contribution in [0, 0.1) is 11.8 Å². The van der Waals surface area contributed by atoms with E-state index in [0.717, 1.165) is 45.4 Å². The molecule has 3 heteroatoms. The summed E-state index contributed by atoms with van der Waals surface area (Å²) in [6.45, 7) is 10.4. The van der Waals surface area contributed by atoms with Gasteiger partial charge in [-0.25, -0.2) is 0 Å². The topological polar surface area (TPSA) is 32.3 Å². The van der Waals surface area contributed by atoms with Crippen LogP contribution in [0.3, 0.4) is 0 Å². The molecular weight excluding hydrogens is 296 g/mol. The Morgan fingerprint density at radius 3 is 2.54 bits per heavy atom. The van der Waals surface area contributed by atoms with E-state index in [0.29, 0.717) is 5.92 Å². The molecule has 1 amide bonds. The van der Waals surface area contributed by atoms with Gasteiger partial charge in [0.15, 0.2) is 0 Å². The van der Waals surface area contributed by atoms with Gasteiger partial charge in [0, 0.05) is 19.0 Å². The summed E-state index contributed by atoms with van der Waals surface area (Å²) in [5, 5.41) is 3.10. The first kappa shape index (κ1) is 18.7. The van der Waals surface area contributed by atoms with Crippen molar-refractivity contribution in [3.05, 3.63) is 41.5 Å². The molecule has 0 bridgehead atoms. The first-order chi connectivity index (χ1) is 11.5. The molecule has 1 heterocycles. The third-order valence-electron chi connectivity index (χ3n) is 4.66. The summed E-state index contributed by atoms with van der Waals surface area (Å²) in [6, 6.07) is 10.5. The zero-order valence-electron chi connectivity index (χ0n) is 15.4. The lowest BCUT2D eigenvalue weighted by molar-refractivity contribution is -0.126. The average Bonchev–Trinajstić information content (AvgIpc) is 2.56. The van der Waals surface area contributed by atoms with Crippen LogP contribution in [-0.2, 0) is 4.79 Å². The number of piperidine rings is 1. The van der Waals surface area contributed by atoms with Gasteiger partial charge in [0.25, 0.3) is 0 Å². The summed E-state index contributed by atoms with van der Waals surface area (Å²) < 4.78 is 0. The summed E-state index contributed by atoms with van der Waals surface area (Å²) in [5.74, 6) is 1.10. The number of amides is 1. The Labute approximate surface area is 147 Å². The van der Waals surface area contributed by atoms with Crippen LogP contribution in [0.15, 0.2) is 35.9 Å². The number of hydrogen-bond acceptors (Lipinski definition) is 2. The lowest BCUT2D eigenvalue weighted by atomic mass is 9.95. The molecule has 1 aliphatic rings. The molecule has 1 N–H and O–H groups in total. The largest absolute Gasteiger partial charge is 0.356 e. The minimum Gasteiger partial charge on any atom is -0.356 e. The van der Waals surface area contributed by atoms with Crippen LogP contribution in [0.5, 0.6) is 0 Å². The quantitative estimate of drug-likeness (QED) is 0.821. The SMILES string of the molecule is CC(=Cc1ccccc1)CN1CCC(C(=O)NCCC(C)C)CC1. The number of carbonyl (C=O) groups excluding carboxylic acids is 1. The molecule has 0 atom stereocenters. The predicted molar refractivity (Wildman–Crippen MR) is 102 cm³/mol. The van der Waals surface area contributed by atoms with Crippen molar-refractivity contribution in [2.45, 2.75) is 40.0 Å². The van der Waals surface area contributed by atoms with Gasteiger partial charge in [-0.3, -0.25) is 9.69 Å². The Balaban J connectivity index is 1.72. The molecule has 0 saturated carbocycles. The van der Waals surface area contributed by atoms with Gasteiger partial charge < -0.3 is 5.32 Å². The van der Waals surface area contributed by atoms with Crippen molar-refractivity contribution in [1.29, 1.82) is 0 Å². The summed E-state index contributed by atoms with van der Waals surface area (Å²) in [4.78, 5) is 14.7. The van der Waals surface area contributed by atoms with Crippen LogP contribution in [0.25, 0.3) is 6.08 Å². The zero-order valence-corrected chi connectivity index (χ0v) is 15.4. The van der Waals surface area contributed by atoms with Crippen LogP contribution in [-0.4, -0.2) is 37.0 Å². The summed E-state index contributed by atoms with van der Waals surface area (Å²) in [7, 11) is 0. The smallest absolute Gasteiger partial charge is 0.223 e. The molecule has 1 aliphatic heterocycles. The number of nitrogens with zero attached hydrogens (tertiary/aromatic N) is 1. The van der Waals surface area contributed by atoms with Crippen molar-refractivity contribution in [2.24, 2.45) is 11.8 Å². The highest BCUT2D eigenvalue weighted by Gasteiger charge is 2.24. The van der Waals surface area contributed by atoms with Gasteiger partial charge in [-0.15, -0.1) is 0 Å². The van der Waals surface area contributed by atoms with E-state index in [2.05, 4.69) is 61.3 Å². The van der Waals surface area contributed by atoms with Crippen molar-refractivity contribution in [1.82, 2.24) is 10.2 Å². The molecule has 0 aromatic heterocycles. The van der Waals surface area contributed by atoms with E-state index in [1.165, 1.54) is 11.1 Å². The Morgan fingerprint density at radius 1 is 1.25 bits per heavy atom. The third kappa shape index (κ3) is 6.48. The van der Waals surface area contributed by atoms with E-state index in [4.69, 9.17) is 0 Å². The third-order valence-corrected chi connectivity index (χ3v) is 4.66. The first-order valence-electron chi connectivity index (χ1n) is 9.27. The molecule has 24 heavy (non-hydrogen) atoms. The number of hydrogen-bond donors (Lipinski definition) is 1. The van der Waals surface area contributed by atoms with Crippen LogP contribution < -0.4 is 5.32 Å². The molecular formula is C21H32N2O. The van der Waals surface area contributed by atoms with E-state index in [9.17, 15) is 4.79 Å². The number of likely N-dealkylation sites (tertiary alicyclic amines) is 1. The maximum atomic E-state index is 12.2. The number of nitrogens with one attached hydrogen (secondary N) is 1. The van der Waals surface area contributed by atoms with Gasteiger partial charge in [0.05, 0.1) is 0 Å². The van der Waals surface area contributed by atoms with Gasteiger partial charge in [-0.2, -0.15) is 0 Å². The van der Waals surface area contributed by atoms with Gasteiger partial charge in [-0.1, -0.05) is 55.8 Å². The predicted octanol–water partition coefficient (Wildman–Crippen LogP) is 3.96. The molecule has 0 aliphatic carbocycles. The molecule has 1 fully saturated rings. The van der Waals surface area contributed by atoms with E-state index in [1.807, 2.05) is 6.07 Å². The average molecular weight is 329 g/mol. The van der Waals surface area contributed by atoms with Gasteiger partial charge >= 0.3 is 0 Å². The summed E-state index contributed by atoms with van der Waals surface area (Å²) >= 11 is 0. The normalized spacial score (nSPS) is 17.2. The molecule has 1 saturated heterocycles. The van der Waals surface area contributed by atoms with Crippen LogP contribution in [0.4, 0.5) is 0 Å². The molecule has 2 rings (SSSR count). The zero-order chi connectivity index (χ0) is 17.4. The fraction of sp³-hybridized carbons (Fsp3) is 0.571. The Hall–Kier alpha value is -1.61. The Bertz CT molecular complexity index is 528. The highest BCUT2D eigenvalue weighted by Crippen LogP contribution is 2.19. The molecule has 0 radical (unpaired) electrons. The molecule has 0 unspecified atom stereocenters. The maximum absolute atomic E-state index is 12.2. The number of benzene rings is 1. The van der Waals surface area contributed by atoms with Gasteiger partial charge in [0.1, 0.15) is 0 Å². The van der Waals surface area contributed by atoms with E-state index in [-0.39, 0.29) is 11.8 Å². The van der Waals surface area contributed by atoms with Gasteiger partial charge in [0.2, 0.25) is 5.91 Å². The molecule has 1 aromatic carbocycles. The highest BCUT2D eigenvalue weighted by molar-refractivity contribution is 5.78. The van der Waals surface area contributed by atoms with E-state index in [1.54, 1.807) is 0 Å². The highest BCUT2D eigenvalue weighted by atomic mass is 16.1. The van der Waals surface area contributed by atoms with Crippen molar-refractivity contribution in [3.8, 4) is 0 Å². The first-order valence-corrected chi connectivity index (χ1v) is 9.27. The molecule has 132 valence electrons. The fourth-order valence-electron chi connectivity index (χ4n) is 3.21. The maximum Gasteiger partial charge on any atom is 0.223 e. The van der Waals surface area contributed by atoms with E-state index >= 15 is 0 Å².